The Hall–Kier alpha value is -3.42. The molecule has 0 unspecified atom stereocenters. The minimum atomic E-state index is -0.272. The topological polar surface area (TPSA) is 99.4 Å². The molecule has 120 valence electrons. The van der Waals surface area contributed by atoms with Gasteiger partial charge in [-0.2, -0.15) is 0 Å². The van der Waals surface area contributed by atoms with Crippen LogP contribution < -0.4 is 14.8 Å². The number of nitrogens with one attached hydrogen (secondary N) is 1. The Balaban J connectivity index is 1.42. The van der Waals surface area contributed by atoms with Crippen LogP contribution in [0.15, 0.2) is 47.0 Å². The summed E-state index contributed by atoms with van der Waals surface area (Å²) in [4.78, 5) is 16.3. The van der Waals surface area contributed by atoms with Crippen molar-refractivity contribution in [3.05, 3.63) is 54.0 Å². The van der Waals surface area contributed by atoms with Crippen LogP contribution in [0.25, 0.3) is 11.6 Å². The van der Waals surface area contributed by atoms with Crippen LogP contribution in [-0.2, 0) is 6.54 Å². The molecule has 3 aromatic rings. The Morgan fingerprint density at radius 3 is 2.92 bits per heavy atom. The number of benzene rings is 1. The summed E-state index contributed by atoms with van der Waals surface area (Å²) in [6, 6.07) is 10.4. The number of hydrogen-bond acceptors (Lipinski definition) is 7. The molecule has 24 heavy (non-hydrogen) atoms. The zero-order chi connectivity index (χ0) is 16.4. The summed E-state index contributed by atoms with van der Waals surface area (Å²) in [5.74, 6) is 1.51. The van der Waals surface area contributed by atoms with E-state index in [0.29, 0.717) is 34.5 Å². The van der Waals surface area contributed by atoms with Crippen LogP contribution in [0.4, 0.5) is 0 Å². The predicted molar refractivity (Wildman–Crippen MR) is 81.3 cm³/mol. The smallest absolute Gasteiger partial charge is 0.266 e. The van der Waals surface area contributed by atoms with Gasteiger partial charge in [0.25, 0.3) is 11.8 Å². The number of amides is 1. The normalized spacial score (nSPS) is 12.2. The maximum Gasteiger partial charge on any atom is 0.266 e. The third-order valence-electron chi connectivity index (χ3n) is 3.39. The molecule has 3 heterocycles. The number of ether oxygens (including phenoxy) is 2. The highest BCUT2D eigenvalue weighted by atomic mass is 16.7. The number of nitrogens with zero attached hydrogens (tertiary/aromatic N) is 3. The SMILES string of the molecule is O=C(NCc1nnc(-c2ccccn2)o1)c1ccc2c(c1)OCO2. The van der Waals surface area contributed by atoms with Gasteiger partial charge < -0.3 is 19.2 Å². The fraction of sp³-hybridized carbons (Fsp3) is 0.125. The van der Waals surface area contributed by atoms with E-state index in [4.69, 9.17) is 13.9 Å². The molecular formula is C16H12N4O4. The average Bonchev–Trinajstić information content (AvgIpc) is 3.29. The van der Waals surface area contributed by atoms with E-state index in [1.807, 2.05) is 6.07 Å². The van der Waals surface area contributed by atoms with E-state index in [-0.39, 0.29) is 19.2 Å². The summed E-state index contributed by atoms with van der Waals surface area (Å²) in [6.45, 7) is 0.284. The van der Waals surface area contributed by atoms with Gasteiger partial charge in [-0.25, -0.2) is 0 Å². The van der Waals surface area contributed by atoms with Crippen molar-refractivity contribution in [3.63, 3.8) is 0 Å². The number of carbonyl (C=O) groups is 1. The van der Waals surface area contributed by atoms with E-state index in [2.05, 4.69) is 20.5 Å². The first-order chi connectivity index (χ1) is 11.8. The second-order valence-corrected chi connectivity index (χ2v) is 4.97. The van der Waals surface area contributed by atoms with E-state index >= 15 is 0 Å². The van der Waals surface area contributed by atoms with Gasteiger partial charge in [0.05, 0.1) is 6.54 Å². The van der Waals surface area contributed by atoms with E-state index in [9.17, 15) is 4.79 Å². The molecule has 1 aromatic carbocycles. The molecule has 0 spiro atoms. The minimum Gasteiger partial charge on any atom is -0.454 e. The number of fused-ring (bicyclic) bond motifs is 1. The van der Waals surface area contributed by atoms with Crippen molar-refractivity contribution in [1.29, 1.82) is 0 Å². The zero-order valence-corrected chi connectivity index (χ0v) is 12.4. The fourth-order valence-electron chi connectivity index (χ4n) is 2.21. The summed E-state index contributed by atoms with van der Waals surface area (Å²) in [7, 11) is 0. The molecule has 0 saturated carbocycles. The largest absolute Gasteiger partial charge is 0.454 e. The molecule has 0 bridgehead atoms. The molecule has 0 fully saturated rings. The van der Waals surface area contributed by atoms with Gasteiger partial charge in [0.15, 0.2) is 11.5 Å². The van der Waals surface area contributed by atoms with E-state index in [1.54, 1.807) is 36.5 Å². The molecule has 8 heteroatoms. The molecule has 1 N–H and O–H groups in total. The van der Waals surface area contributed by atoms with Crippen molar-refractivity contribution >= 4 is 5.91 Å². The van der Waals surface area contributed by atoms with Crippen LogP contribution in [0.1, 0.15) is 16.2 Å². The Morgan fingerprint density at radius 1 is 1.12 bits per heavy atom. The van der Waals surface area contributed by atoms with Gasteiger partial charge in [-0.3, -0.25) is 9.78 Å². The molecule has 0 saturated heterocycles. The molecule has 1 aliphatic heterocycles. The first kappa shape index (κ1) is 14.2. The number of pyridine rings is 1. The van der Waals surface area contributed by atoms with Crippen LogP contribution in [-0.4, -0.2) is 27.9 Å². The second kappa shape index (κ2) is 5.99. The number of aromatic nitrogens is 3. The number of hydrogen-bond donors (Lipinski definition) is 1. The van der Waals surface area contributed by atoms with Crippen molar-refractivity contribution in [3.8, 4) is 23.1 Å². The molecule has 0 radical (unpaired) electrons. The lowest BCUT2D eigenvalue weighted by Crippen LogP contribution is -2.22. The van der Waals surface area contributed by atoms with Crippen LogP contribution in [0.5, 0.6) is 11.5 Å². The summed E-state index contributed by atoms with van der Waals surface area (Å²) >= 11 is 0. The lowest BCUT2D eigenvalue weighted by atomic mass is 10.2. The number of carbonyl (C=O) groups excluding carboxylic acids is 1. The second-order valence-electron chi connectivity index (χ2n) is 4.97. The Bertz CT molecular complexity index is 879. The molecule has 0 atom stereocenters. The molecular weight excluding hydrogens is 312 g/mol. The average molecular weight is 324 g/mol. The maximum atomic E-state index is 12.2. The molecule has 4 rings (SSSR count). The lowest BCUT2D eigenvalue weighted by molar-refractivity contribution is 0.0947. The summed E-state index contributed by atoms with van der Waals surface area (Å²) in [5, 5.41) is 10.5. The Labute approximate surface area is 136 Å². The van der Waals surface area contributed by atoms with Crippen molar-refractivity contribution in [2.24, 2.45) is 0 Å². The highest BCUT2D eigenvalue weighted by molar-refractivity contribution is 5.94. The Morgan fingerprint density at radius 2 is 2.04 bits per heavy atom. The standard InChI is InChI=1S/C16H12N4O4/c21-15(10-4-5-12-13(7-10)23-9-22-12)18-8-14-19-20-16(24-14)11-3-1-2-6-17-11/h1-7H,8-9H2,(H,18,21). The van der Waals surface area contributed by atoms with Crippen molar-refractivity contribution in [2.75, 3.05) is 6.79 Å². The molecule has 1 aliphatic rings. The van der Waals surface area contributed by atoms with E-state index in [0.717, 1.165) is 0 Å². The van der Waals surface area contributed by atoms with Crippen LogP contribution >= 0.6 is 0 Å². The third-order valence-corrected chi connectivity index (χ3v) is 3.39. The zero-order valence-electron chi connectivity index (χ0n) is 12.4. The van der Waals surface area contributed by atoms with Gasteiger partial charge >= 0.3 is 0 Å². The first-order valence-electron chi connectivity index (χ1n) is 7.21. The Kier molecular flexibility index (Phi) is 3.54. The number of rotatable bonds is 4. The predicted octanol–water partition coefficient (Wildman–Crippen LogP) is 1.79. The molecule has 1 amide bonds. The van der Waals surface area contributed by atoms with Crippen molar-refractivity contribution in [2.45, 2.75) is 6.54 Å². The van der Waals surface area contributed by atoms with Crippen LogP contribution in [0.2, 0.25) is 0 Å². The van der Waals surface area contributed by atoms with Gasteiger partial charge in [0.2, 0.25) is 12.7 Å². The van der Waals surface area contributed by atoms with Gasteiger partial charge in [-0.1, -0.05) is 6.07 Å². The van der Waals surface area contributed by atoms with Gasteiger partial charge in [-0.05, 0) is 30.3 Å². The highest BCUT2D eigenvalue weighted by Crippen LogP contribution is 2.32. The monoisotopic (exact) mass is 324 g/mol. The van der Waals surface area contributed by atoms with E-state index in [1.165, 1.54) is 0 Å². The quantitative estimate of drug-likeness (QED) is 0.781. The fourth-order valence-corrected chi connectivity index (χ4v) is 2.21. The molecule has 8 nitrogen and oxygen atoms in total. The van der Waals surface area contributed by atoms with Gasteiger partial charge in [0, 0.05) is 11.8 Å². The van der Waals surface area contributed by atoms with E-state index < -0.39 is 0 Å². The molecule has 0 aliphatic carbocycles. The van der Waals surface area contributed by atoms with Crippen molar-refractivity contribution in [1.82, 2.24) is 20.5 Å². The van der Waals surface area contributed by atoms with Crippen LogP contribution in [0.3, 0.4) is 0 Å². The van der Waals surface area contributed by atoms with Gasteiger partial charge in [0.1, 0.15) is 5.69 Å². The summed E-state index contributed by atoms with van der Waals surface area (Å²) < 4.78 is 16.0. The lowest BCUT2D eigenvalue weighted by Gasteiger charge is -2.03. The highest BCUT2D eigenvalue weighted by Gasteiger charge is 2.17. The first-order valence-corrected chi connectivity index (χ1v) is 7.21. The summed E-state index contributed by atoms with van der Waals surface area (Å²) in [6.07, 6.45) is 1.64. The maximum absolute atomic E-state index is 12.2. The van der Waals surface area contributed by atoms with Crippen LogP contribution in [0, 0.1) is 0 Å². The minimum absolute atomic E-state index is 0.118. The third kappa shape index (κ3) is 2.76. The van der Waals surface area contributed by atoms with Gasteiger partial charge in [-0.15, -0.1) is 10.2 Å². The summed E-state index contributed by atoms with van der Waals surface area (Å²) in [5.41, 5.74) is 1.04. The van der Waals surface area contributed by atoms with Crippen molar-refractivity contribution < 1.29 is 18.7 Å². The molecule has 2 aromatic heterocycles.